The average Bonchev–Trinajstić information content (AvgIpc) is 2.93. The second kappa shape index (κ2) is 4.53. The van der Waals surface area contributed by atoms with Crippen molar-refractivity contribution in [3.05, 3.63) is 30.2 Å². The van der Waals surface area contributed by atoms with Crippen molar-refractivity contribution in [2.75, 3.05) is 13.2 Å². The predicted molar refractivity (Wildman–Crippen MR) is 76.0 cm³/mol. The van der Waals surface area contributed by atoms with E-state index in [0.29, 0.717) is 24.4 Å². The van der Waals surface area contributed by atoms with Crippen molar-refractivity contribution in [1.29, 1.82) is 0 Å². The first-order valence-electron chi connectivity index (χ1n) is 7.42. The molecule has 1 spiro atoms. The number of hydrogen-bond acceptors (Lipinski definition) is 4. The Kier molecular flexibility index (Phi) is 2.75. The molecule has 1 amide bonds. The molecule has 110 valence electrons. The Labute approximate surface area is 122 Å². The van der Waals surface area contributed by atoms with E-state index in [1.165, 1.54) is 0 Å². The minimum atomic E-state index is -0.101. The summed E-state index contributed by atoms with van der Waals surface area (Å²) in [6, 6.07) is 3.69. The molecule has 6 heteroatoms. The summed E-state index contributed by atoms with van der Waals surface area (Å²) < 4.78 is 7.58. The summed E-state index contributed by atoms with van der Waals surface area (Å²) in [6.45, 7) is 3.31. The first-order valence-corrected chi connectivity index (χ1v) is 7.42. The summed E-state index contributed by atoms with van der Waals surface area (Å²) in [4.78, 5) is 15.1. The van der Waals surface area contributed by atoms with Gasteiger partial charge in [0.25, 0.3) is 5.91 Å². The molecule has 1 saturated carbocycles. The highest BCUT2D eigenvalue weighted by atomic mass is 16.5. The van der Waals surface area contributed by atoms with Crippen LogP contribution in [0.3, 0.4) is 0 Å². The molecule has 2 aliphatic rings. The van der Waals surface area contributed by atoms with Gasteiger partial charge in [-0.25, -0.2) is 0 Å². The average molecular weight is 286 g/mol. The predicted octanol–water partition coefficient (Wildman–Crippen LogP) is 1.51. The van der Waals surface area contributed by atoms with Crippen LogP contribution in [-0.2, 0) is 4.74 Å². The molecule has 0 radical (unpaired) electrons. The molecule has 4 rings (SSSR count). The standard InChI is InChI=1S/C15H18N4O2/c1-11-8-19(15(9-21-11)5-3-6-15)14(20)12-4-2-7-18-10-16-17-13(12)18/h2,4,7,10-11H,3,5-6,8-9H2,1H3. The van der Waals surface area contributed by atoms with Crippen molar-refractivity contribution in [2.45, 2.75) is 37.8 Å². The molecular weight excluding hydrogens is 268 g/mol. The number of ether oxygens (including phenoxy) is 1. The third-order valence-corrected chi connectivity index (χ3v) is 4.73. The van der Waals surface area contributed by atoms with Gasteiger partial charge >= 0.3 is 0 Å². The Bertz CT molecular complexity index is 692. The SMILES string of the molecule is CC1CN(C(=O)c2cccn3cnnc23)C2(CCC2)CO1. The normalized spacial score (nSPS) is 24.2. The van der Waals surface area contributed by atoms with Crippen LogP contribution in [0, 0.1) is 0 Å². The minimum absolute atomic E-state index is 0.0449. The van der Waals surface area contributed by atoms with E-state index < -0.39 is 0 Å². The second-order valence-corrected chi connectivity index (χ2v) is 6.10. The summed E-state index contributed by atoms with van der Waals surface area (Å²) >= 11 is 0. The van der Waals surface area contributed by atoms with Crippen LogP contribution in [0.1, 0.15) is 36.5 Å². The lowest BCUT2D eigenvalue weighted by Gasteiger charge is -2.54. The maximum Gasteiger partial charge on any atom is 0.258 e. The smallest absolute Gasteiger partial charge is 0.258 e. The van der Waals surface area contributed by atoms with Crippen molar-refractivity contribution >= 4 is 11.6 Å². The highest BCUT2D eigenvalue weighted by Gasteiger charge is 2.48. The van der Waals surface area contributed by atoms with E-state index >= 15 is 0 Å². The van der Waals surface area contributed by atoms with Gasteiger partial charge in [0.1, 0.15) is 6.33 Å². The molecule has 1 unspecified atom stereocenters. The Morgan fingerprint density at radius 1 is 1.48 bits per heavy atom. The van der Waals surface area contributed by atoms with Gasteiger partial charge in [0.15, 0.2) is 5.65 Å². The van der Waals surface area contributed by atoms with E-state index in [0.717, 1.165) is 19.3 Å². The van der Waals surface area contributed by atoms with Crippen molar-refractivity contribution in [1.82, 2.24) is 19.5 Å². The zero-order chi connectivity index (χ0) is 14.4. The van der Waals surface area contributed by atoms with E-state index in [1.807, 2.05) is 30.2 Å². The fourth-order valence-corrected chi connectivity index (χ4v) is 3.34. The lowest BCUT2D eigenvalue weighted by molar-refractivity contribution is -0.118. The number of pyridine rings is 1. The number of aromatic nitrogens is 3. The number of amides is 1. The van der Waals surface area contributed by atoms with E-state index in [4.69, 9.17) is 4.74 Å². The Morgan fingerprint density at radius 3 is 3.10 bits per heavy atom. The zero-order valence-electron chi connectivity index (χ0n) is 12.0. The molecule has 0 bridgehead atoms. The van der Waals surface area contributed by atoms with Crippen LogP contribution in [0.15, 0.2) is 24.7 Å². The van der Waals surface area contributed by atoms with Gasteiger partial charge in [-0.2, -0.15) is 0 Å². The highest BCUT2D eigenvalue weighted by Crippen LogP contribution is 2.41. The number of hydrogen-bond donors (Lipinski definition) is 0. The first-order chi connectivity index (χ1) is 10.2. The molecule has 2 fully saturated rings. The fraction of sp³-hybridized carbons (Fsp3) is 0.533. The van der Waals surface area contributed by atoms with Crippen LogP contribution in [0.4, 0.5) is 0 Å². The molecule has 0 aromatic carbocycles. The molecular formula is C15H18N4O2. The quantitative estimate of drug-likeness (QED) is 0.797. The second-order valence-electron chi connectivity index (χ2n) is 6.10. The van der Waals surface area contributed by atoms with Crippen molar-refractivity contribution in [2.24, 2.45) is 0 Å². The zero-order valence-corrected chi connectivity index (χ0v) is 12.0. The van der Waals surface area contributed by atoms with Crippen LogP contribution in [0.25, 0.3) is 5.65 Å². The number of carbonyl (C=O) groups excluding carboxylic acids is 1. The summed E-state index contributed by atoms with van der Waals surface area (Å²) in [5.41, 5.74) is 1.14. The third-order valence-electron chi connectivity index (χ3n) is 4.73. The molecule has 1 aliphatic heterocycles. The Morgan fingerprint density at radius 2 is 2.33 bits per heavy atom. The summed E-state index contributed by atoms with van der Waals surface area (Å²) in [5, 5.41) is 7.97. The lowest BCUT2D eigenvalue weighted by atomic mass is 9.74. The fourth-order valence-electron chi connectivity index (χ4n) is 3.34. The number of nitrogens with zero attached hydrogens (tertiary/aromatic N) is 4. The van der Waals surface area contributed by atoms with Crippen LogP contribution in [-0.4, -0.2) is 50.2 Å². The number of fused-ring (bicyclic) bond motifs is 1. The summed E-state index contributed by atoms with van der Waals surface area (Å²) in [5.74, 6) is 0.0449. The van der Waals surface area contributed by atoms with Crippen LogP contribution < -0.4 is 0 Å². The molecule has 3 heterocycles. The van der Waals surface area contributed by atoms with E-state index in [1.54, 1.807) is 10.7 Å². The van der Waals surface area contributed by atoms with Gasteiger partial charge in [-0.15, -0.1) is 10.2 Å². The van der Waals surface area contributed by atoms with Gasteiger partial charge < -0.3 is 9.64 Å². The topological polar surface area (TPSA) is 59.7 Å². The van der Waals surface area contributed by atoms with Crippen molar-refractivity contribution in [3.63, 3.8) is 0 Å². The number of rotatable bonds is 1. The minimum Gasteiger partial charge on any atom is -0.374 e. The van der Waals surface area contributed by atoms with Gasteiger partial charge in [-0.1, -0.05) is 0 Å². The monoisotopic (exact) mass is 286 g/mol. The van der Waals surface area contributed by atoms with Gasteiger partial charge in [0, 0.05) is 12.7 Å². The first kappa shape index (κ1) is 12.8. The molecule has 1 atom stereocenters. The van der Waals surface area contributed by atoms with Crippen molar-refractivity contribution in [3.8, 4) is 0 Å². The van der Waals surface area contributed by atoms with Crippen molar-refractivity contribution < 1.29 is 9.53 Å². The molecule has 21 heavy (non-hydrogen) atoms. The Hall–Kier alpha value is -1.95. The van der Waals surface area contributed by atoms with Gasteiger partial charge in [0.2, 0.25) is 0 Å². The number of carbonyl (C=O) groups is 1. The lowest BCUT2D eigenvalue weighted by Crippen LogP contribution is -2.64. The van der Waals surface area contributed by atoms with Gasteiger partial charge in [0.05, 0.1) is 23.8 Å². The third kappa shape index (κ3) is 1.86. The summed E-state index contributed by atoms with van der Waals surface area (Å²) in [6.07, 6.45) is 6.78. The van der Waals surface area contributed by atoms with E-state index in [-0.39, 0.29) is 17.6 Å². The highest BCUT2D eigenvalue weighted by molar-refractivity contribution is 6.00. The molecule has 2 aromatic rings. The molecule has 1 saturated heterocycles. The molecule has 2 aromatic heterocycles. The van der Waals surface area contributed by atoms with Crippen LogP contribution in [0.5, 0.6) is 0 Å². The van der Waals surface area contributed by atoms with E-state index in [2.05, 4.69) is 10.2 Å². The maximum absolute atomic E-state index is 13.1. The largest absolute Gasteiger partial charge is 0.374 e. The van der Waals surface area contributed by atoms with Gasteiger partial charge in [-0.05, 0) is 38.3 Å². The Balaban J connectivity index is 1.74. The van der Waals surface area contributed by atoms with E-state index in [9.17, 15) is 4.79 Å². The van der Waals surface area contributed by atoms with Crippen LogP contribution in [0.2, 0.25) is 0 Å². The van der Waals surface area contributed by atoms with Crippen LogP contribution >= 0.6 is 0 Å². The maximum atomic E-state index is 13.1. The molecule has 6 nitrogen and oxygen atoms in total. The molecule has 0 N–H and O–H groups in total. The molecule has 1 aliphatic carbocycles. The summed E-state index contributed by atoms with van der Waals surface area (Å²) in [7, 11) is 0. The van der Waals surface area contributed by atoms with Gasteiger partial charge in [-0.3, -0.25) is 9.20 Å². The number of morpholine rings is 1.